The van der Waals surface area contributed by atoms with E-state index in [2.05, 4.69) is 22.0 Å². The Labute approximate surface area is 107 Å². The Hall–Kier alpha value is -1.59. The molecule has 1 heterocycles. The Morgan fingerprint density at radius 3 is 2.61 bits per heavy atom. The van der Waals surface area contributed by atoms with Crippen molar-refractivity contribution in [2.24, 2.45) is 10.9 Å². The molecule has 18 heavy (non-hydrogen) atoms. The maximum absolute atomic E-state index is 8.80. The average molecular weight is 248 g/mol. The number of rotatable bonds is 3. The van der Waals surface area contributed by atoms with Crippen LogP contribution in [0.5, 0.6) is 0 Å². The molecule has 1 aliphatic heterocycles. The fourth-order valence-corrected chi connectivity index (χ4v) is 2.21. The van der Waals surface area contributed by atoms with E-state index in [0.29, 0.717) is 0 Å². The molecule has 0 unspecified atom stereocenters. The lowest BCUT2D eigenvalue weighted by Crippen LogP contribution is -2.44. The Balaban J connectivity index is 2.09. The topological polar surface area (TPSA) is 65.1 Å². The van der Waals surface area contributed by atoms with Gasteiger partial charge in [-0.2, -0.15) is 0 Å². The predicted molar refractivity (Wildman–Crippen MR) is 71.7 cm³/mol. The van der Waals surface area contributed by atoms with Gasteiger partial charge in [0.1, 0.15) is 0 Å². The molecule has 5 nitrogen and oxygen atoms in total. The molecule has 1 saturated heterocycles. The molecule has 5 heteroatoms. The average Bonchev–Trinajstić information content (AvgIpc) is 2.41. The molecule has 1 aliphatic rings. The number of nitrogens with two attached hydrogens (primary N) is 1. The first-order chi connectivity index (χ1) is 8.70. The maximum Gasteiger partial charge on any atom is 0.170 e. The molecule has 0 bridgehead atoms. The van der Waals surface area contributed by atoms with Crippen molar-refractivity contribution in [3.05, 3.63) is 35.4 Å². The van der Waals surface area contributed by atoms with Crippen LogP contribution in [0.2, 0.25) is 0 Å². The van der Waals surface area contributed by atoms with E-state index in [0.717, 1.165) is 43.9 Å². The highest BCUT2D eigenvalue weighted by molar-refractivity contribution is 5.98. The van der Waals surface area contributed by atoms with Crippen molar-refractivity contribution >= 4 is 5.84 Å². The first-order valence-corrected chi connectivity index (χ1v) is 6.17. The van der Waals surface area contributed by atoms with Gasteiger partial charge in [-0.15, -0.1) is 0 Å². The largest absolute Gasteiger partial charge is 0.409 e. The van der Waals surface area contributed by atoms with Gasteiger partial charge in [0.05, 0.1) is 0 Å². The molecule has 1 fully saturated rings. The van der Waals surface area contributed by atoms with Gasteiger partial charge in [0, 0.05) is 38.3 Å². The summed E-state index contributed by atoms with van der Waals surface area (Å²) in [6, 6.07) is 7.81. The summed E-state index contributed by atoms with van der Waals surface area (Å²) in [5, 5.41) is 11.9. The van der Waals surface area contributed by atoms with Crippen molar-refractivity contribution in [1.82, 2.24) is 9.80 Å². The van der Waals surface area contributed by atoms with Crippen molar-refractivity contribution < 1.29 is 5.21 Å². The molecular weight excluding hydrogens is 228 g/mol. The SMILES string of the molecule is CN1CCN(Cc2ccccc2/C(N)=N/O)CC1. The van der Waals surface area contributed by atoms with Crippen LogP contribution in [0.25, 0.3) is 0 Å². The molecule has 0 atom stereocenters. The number of oxime groups is 1. The van der Waals surface area contributed by atoms with Gasteiger partial charge in [-0.3, -0.25) is 4.90 Å². The van der Waals surface area contributed by atoms with Gasteiger partial charge in [-0.05, 0) is 12.6 Å². The van der Waals surface area contributed by atoms with E-state index in [1.54, 1.807) is 0 Å². The molecular formula is C13H20N4O. The van der Waals surface area contributed by atoms with E-state index >= 15 is 0 Å². The van der Waals surface area contributed by atoms with Crippen molar-refractivity contribution in [1.29, 1.82) is 0 Å². The summed E-state index contributed by atoms with van der Waals surface area (Å²) in [7, 11) is 2.14. The fraction of sp³-hybridized carbons (Fsp3) is 0.462. The van der Waals surface area contributed by atoms with Crippen LogP contribution in [-0.4, -0.2) is 54.1 Å². The first-order valence-electron chi connectivity index (χ1n) is 6.17. The van der Waals surface area contributed by atoms with E-state index in [1.165, 1.54) is 0 Å². The van der Waals surface area contributed by atoms with E-state index in [1.807, 2.05) is 24.3 Å². The fourth-order valence-electron chi connectivity index (χ4n) is 2.21. The summed E-state index contributed by atoms with van der Waals surface area (Å²) >= 11 is 0. The molecule has 0 aliphatic carbocycles. The highest BCUT2D eigenvalue weighted by Crippen LogP contribution is 2.13. The Kier molecular flexibility index (Phi) is 4.17. The molecule has 2 rings (SSSR count). The quantitative estimate of drug-likeness (QED) is 0.354. The molecule has 1 aromatic rings. The van der Waals surface area contributed by atoms with Crippen LogP contribution in [0.4, 0.5) is 0 Å². The summed E-state index contributed by atoms with van der Waals surface area (Å²) < 4.78 is 0. The number of benzene rings is 1. The molecule has 1 aromatic carbocycles. The highest BCUT2D eigenvalue weighted by atomic mass is 16.4. The molecule has 0 aromatic heterocycles. The zero-order valence-electron chi connectivity index (χ0n) is 10.7. The minimum atomic E-state index is 0.180. The van der Waals surface area contributed by atoms with Crippen LogP contribution < -0.4 is 5.73 Å². The smallest absolute Gasteiger partial charge is 0.170 e. The maximum atomic E-state index is 8.80. The van der Waals surface area contributed by atoms with Crippen LogP contribution in [0.15, 0.2) is 29.4 Å². The van der Waals surface area contributed by atoms with Crippen molar-refractivity contribution in [2.45, 2.75) is 6.54 Å². The number of nitrogens with zero attached hydrogens (tertiary/aromatic N) is 3. The molecule has 0 radical (unpaired) electrons. The second kappa shape index (κ2) is 5.84. The van der Waals surface area contributed by atoms with Crippen LogP contribution in [0.1, 0.15) is 11.1 Å². The van der Waals surface area contributed by atoms with Gasteiger partial charge < -0.3 is 15.8 Å². The van der Waals surface area contributed by atoms with E-state index in [9.17, 15) is 0 Å². The summed E-state index contributed by atoms with van der Waals surface area (Å²) in [5.74, 6) is 0.180. The molecule has 0 saturated carbocycles. The zero-order chi connectivity index (χ0) is 13.0. The third-order valence-corrected chi connectivity index (χ3v) is 3.39. The Morgan fingerprint density at radius 1 is 1.28 bits per heavy atom. The van der Waals surface area contributed by atoms with Crippen molar-refractivity contribution in [2.75, 3.05) is 33.2 Å². The zero-order valence-corrected chi connectivity index (χ0v) is 10.7. The standard InChI is InChI=1S/C13H20N4O/c1-16-6-8-17(9-7-16)10-11-4-2-3-5-12(11)13(14)15-18/h2-5,18H,6-10H2,1H3,(H2,14,15). The molecule has 0 spiro atoms. The summed E-state index contributed by atoms with van der Waals surface area (Å²) in [6.07, 6.45) is 0. The molecule has 0 amide bonds. The molecule has 98 valence electrons. The van der Waals surface area contributed by atoms with Gasteiger partial charge in [0.2, 0.25) is 0 Å². The summed E-state index contributed by atoms with van der Waals surface area (Å²) in [4.78, 5) is 4.72. The normalized spacial score (nSPS) is 19.1. The first kappa shape index (κ1) is 12.9. The van der Waals surface area contributed by atoms with Crippen LogP contribution in [0, 0.1) is 0 Å². The van der Waals surface area contributed by atoms with Gasteiger partial charge in [0.15, 0.2) is 5.84 Å². The summed E-state index contributed by atoms with van der Waals surface area (Å²) in [5.41, 5.74) is 7.62. The van der Waals surface area contributed by atoms with Crippen molar-refractivity contribution in [3.8, 4) is 0 Å². The number of likely N-dealkylation sites (N-methyl/N-ethyl adjacent to an activating group) is 1. The minimum absolute atomic E-state index is 0.180. The van der Waals surface area contributed by atoms with E-state index < -0.39 is 0 Å². The lowest BCUT2D eigenvalue weighted by molar-refractivity contribution is 0.148. The Morgan fingerprint density at radius 2 is 1.94 bits per heavy atom. The van der Waals surface area contributed by atoms with Gasteiger partial charge in [-0.25, -0.2) is 0 Å². The number of amidine groups is 1. The van der Waals surface area contributed by atoms with Gasteiger partial charge in [0.25, 0.3) is 0 Å². The second-order valence-electron chi connectivity index (χ2n) is 4.72. The lowest BCUT2D eigenvalue weighted by Gasteiger charge is -2.32. The number of hydrogen-bond acceptors (Lipinski definition) is 4. The third kappa shape index (κ3) is 3.00. The van der Waals surface area contributed by atoms with Gasteiger partial charge >= 0.3 is 0 Å². The lowest BCUT2D eigenvalue weighted by atomic mass is 10.1. The van der Waals surface area contributed by atoms with Crippen molar-refractivity contribution in [3.63, 3.8) is 0 Å². The highest BCUT2D eigenvalue weighted by Gasteiger charge is 2.15. The predicted octanol–water partition coefficient (Wildman–Crippen LogP) is 0.529. The number of hydrogen-bond donors (Lipinski definition) is 2. The third-order valence-electron chi connectivity index (χ3n) is 3.39. The van der Waals surface area contributed by atoms with E-state index in [-0.39, 0.29) is 5.84 Å². The van der Waals surface area contributed by atoms with Crippen LogP contribution in [-0.2, 0) is 6.54 Å². The Bertz CT molecular complexity index is 425. The minimum Gasteiger partial charge on any atom is -0.409 e. The summed E-state index contributed by atoms with van der Waals surface area (Å²) in [6.45, 7) is 5.14. The monoisotopic (exact) mass is 248 g/mol. The van der Waals surface area contributed by atoms with Gasteiger partial charge in [-0.1, -0.05) is 29.4 Å². The molecule has 3 N–H and O–H groups in total. The number of piperazine rings is 1. The van der Waals surface area contributed by atoms with Crippen LogP contribution in [0.3, 0.4) is 0 Å². The van der Waals surface area contributed by atoms with Crippen LogP contribution >= 0.6 is 0 Å². The van der Waals surface area contributed by atoms with E-state index in [4.69, 9.17) is 10.9 Å². The second-order valence-corrected chi connectivity index (χ2v) is 4.72.